The van der Waals surface area contributed by atoms with Crippen LogP contribution < -0.4 is 14.2 Å². The molecule has 4 aromatic rings. The fraction of sp³-hybridized carbons (Fsp3) is 0.100. The molecule has 0 spiro atoms. The molecule has 29 heavy (non-hydrogen) atoms. The van der Waals surface area contributed by atoms with E-state index in [0.29, 0.717) is 32.8 Å². The molecule has 144 valence electrons. The van der Waals surface area contributed by atoms with Crippen LogP contribution >= 0.6 is 15.9 Å². The summed E-state index contributed by atoms with van der Waals surface area (Å²) in [5.41, 5.74) is 1.92. The van der Waals surface area contributed by atoms with Gasteiger partial charge in [-0.2, -0.15) is 20.0 Å². The predicted molar refractivity (Wildman–Crippen MR) is 108 cm³/mol. The van der Waals surface area contributed by atoms with Crippen molar-refractivity contribution in [3.05, 3.63) is 69.7 Å². The average Bonchev–Trinajstić information content (AvgIpc) is 3.04. The first-order valence-electron chi connectivity index (χ1n) is 8.70. The van der Waals surface area contributed by atoms with Gasteiger partial charge in [0.05, 0.1) is 21.5 Å². The van der Waals surface area contributed by atoms with Gasteiger partial charge in [0.25, 0.3) is 0 Å². The van der Waals surface area contributed by atoms with Gasteiger partial charge in [-0.25, -0.2) is 0 Å². The second kappa shape index (κ2) is 7.77. The highest BCUT2D eigenvalue weighted by Gasteiger charge is 2.19. The van der Waals surface area contributed by atoms with Crippen LogP contribution in [0, 0.1) is 16.5 Å². The highest BCUT2D eigenvalue weighted by Crippen LogP contribution is 2.37. The topological polar surface area (TPSA) is 111 Å². The summed E-state index contributed by atoms with van der Waals surface area (Å²) in [6.45, 7) is 2.01. The van der Waals surface area contributed by atoms with Gasteiger partial charge >= 0.3 is 6.01 Å². The molecule has 1 aromatic carbocycles. The van der Waals surface area contributed by atoms with Crippen molar-refractivity contribution in [2.24, 2.45) is 0 Å². The van der Waals surface area contributed by atoms with E-state index in [0.717, 1.165) is 16.6 Å². The Hall–Kier alpha value is -3.64. The van der Waals surface area contributed by atoms with Crippen LogP contribution in [0.25, 0.3) is 11.0 Å². The summed E-state index contributed by atoms with van der Waals surface area (Å²) in [7, 11) is 0. The molecule has 0 unspecified atom stereocenters. The van der Waals surface area contributed by atoms with Crippen LogP contribution in [-0.4, -0.2) is 15.0 Å². The van der Waals surface area contributed by atoms with E-state index in [1.165, 1.54) is 12.4 Å². The Bertz CT molecular complexity index is 1250. The number of nitrogens with zero attached hydrogens (tertiary/aromatic N) is 4. The molecular weight excluding hydrogens is 438 g/mol. The second-order valence-corrected chi connectivity index (χ2v) is 6.84. The van der Waals surface area contributed by atoms with Crippen molar-refractivity contribution >= 4 is 27.0 Å². The summed E-state index contributed by atoms with van der Waals surface area (Å²) in [5.74, 6) is 1.01. The average molecular weight is 452 g/mol. The van der Waals surface area contributed by atoms with Crippen LogP contribution in [0.4, 0.5) is 0 Å². The zero-order valence-corrected chi connectivity index (χ0v) is 16.8. The first kappa shape index (κ1) is 18.7. The van der Waals surface area contributed by atoms with Gasteiger partial charge in [-0.3, -0.25) is 0 Å². The van der Waals surface area contributed by atoms with Crippen molar-refractivity contribution in [1.29, 1.82) is 5.26 Å². The summed E-state index contributed by atoms with van der Waals surface area (Å²) < 4.78 is 13.1. The lowest BCUT2D eigenvalue weighted by atomic mass is 10.2. The SMILES string of the molecule is CCc1[nH]c2nc(Oc3ccc[n+]([O-])c3)nc(Oc3cccc(C#N)c3)c2c1Br. The summed E-state index contributed by atoms with van der Waals surface area (Å²) in [6.07, 6.45) is 3.36. The number of rotatable bonds is 5. The molecule has 0 aliphatic carbocycles. The number of ether oxygens (including phenoxy) is 2. The Morgan fingerprint density at radius 1 is 1.21 bits per heavy atom. The van der Waals surface area contributed by atoms with Crippen LogP contribution in [0.15, 0.2) is 53.3 Å². The number of hydrogen-bond acceptors (Lipinski definition) is 6. The van der Waals surface area contributed by atoms with Gasteiger partial charge < -0.3 is 19.7 Å². The van der Waals surface area contributed by atoms with Crippen LogP contribution in [0.3, 0.4) is 0 Å². The molecule has 0 atom stereocenters. The molecule has 0 amide bonds. The van der Waals surface area contributed by atoms with Crippen LogP contribution in [-0.2, 0) is 6.42 Å². The van der Waals surface area contributed by atoms with Crippen molar-refractivity contribution in [1.82, 2.24) is 15.0 Å². The number of fused-ring (bicyclic) bond motifs is 1. The highest BCUT2D eigenvalue weighted by molar-refractivity contribution is 9.10. The molecule has 0 radical (unpaired) electrons. The van der Waals surface area contributed by atoms with Gasteiger partial charge in [-0.15, -0.1) is 0 Å². The summed E-state index contributed by atoms with van der Waals surface area (Å²) in [4.78, 5) is 12.0. The summed E-state index contributed by atoms with van der Waals surface area (Å²) in [5, 5.41) is 21.3. The first-order chi connectivity index (χ1) is 14.1. The minimum absolute atomic E-state index is 0.0199. The normalized spacial score (nSPS) is 10.7. The van der Waals surface area contributed by atoms with Crippen LogP contribution in [0.1, 0.15) is 18.2 Å². The zero-order chi connectivity index (χ0) is 20.4. The maximum absolute atomic E-state index is 11.5. The first-order valence-corrected chi connectivity index (χ1v) is 9.49. The lowest BCUT2D eigenvalue weighted by molar-refractivity contribution is -0.605. The van der Waals surface area contributed by atoms with E-state index in [-0.39, 0.29) is 11.9 Å². The van der Waals surface area contributed by atoms with Gasteiger partial charge in [-0.05, 0) is 46.6 Å². The Morgan fingerprint density at radius 2 is 2.03 bits per heavy atom. The van der Waals surface area contributed by atoms with Crippen LogP contribution in [0.2, 0.25) is 0 Å². The van der Waals surface area contributed by atoms with E-state index in [4.69, 9.17) is 14.7 Å². The third kappa shape index (κ3) is 3.83. The number of aryl methyl sites for hydroxylation is 1. The fourth-order valence-corrected chi connectivity index (χ4v) is 3.50. The number of hydrogen-bond donors (Lipinski definition) is 1. The number of halogens is 1. The molecule has 0 saturated carbocycles. The van der Waals surface area contributed by atoms with E-state index in [2.05, 4.69) is 37.0 Å². The Morgan fingerprint density at radius 3 is 2.79 bits per heavy atom. The molecular formula is C20H14BrN5O3. The Kier molecular flexibility index (Phi) is 5.01. The smallest absolute Gasteiger partial charge is 0.327 e. The number of nitriles is 1. The molecule has 9 heteroatoms. The number of aromatic nitrogens is 4. The minimum Gasteiger partial charge on any atom is -0.619 e. The standard InChI is InChI=1S/C20H14BrN5O3/c1-2-15-17(21)16-18(23-15)24-20(29-14-7-4-8-26(27)11-14)25-19(16)28-13-6-3-5-12(9-13)10-22/h3-9,11H,2H2,1H3,(H,23,24,25). The second-order valence-electron chi connectivity index (χ2n) is 6.05. The molecule has 0 saturated heterocycles. The maximum atomic E-state index is 11.5. The third-order valence-corrected chi connectivity index (χ3v) is 4.97. The van der Waals surface area contributed by atoms with Gasteiger partial charge in [0, 0.05) is 11.8 Å². The van der Waals surface area contributed by atoms with E-state index in [1.807, 2.05) is 6.92 Å². The molecule has 4 rings (SSSR count). The lowest BCUT2D eigenvalue weighted by Gasteiger charge is -2.09. The molecule has 0 aliphatic rings. The van der Waals surface area contributed by atoms with E-state index in [1.54, 1.807) is 36.4 Å². The van der Waals surface area contributed by atoms with Gasteiger partial charge in [-0.1, -0.05) is 13.0 Å². The number of benzene rings is 1. The van der Waals surface area contributed by atoms with Crippen molar-refractivity contribution in [2.45, 2.75) is 13.3 Å². The molecule has 0 bridgehead atoms. The van der Waals surface area contributed by atoms with E-state index < -0.39 is 0 Å². The number of nitrogens with one attached hydrogen (secondary N) is 1. The molecule has 0 fully saturated rings. The summed E-state index contributed by atoms with van der Waals surface area (Å²) in [6, 6.07) is 12.0. The molecule has 3 aromatic heterocycles. The summed E-state index contributed by atoms with van der Waals surface area (Å²) >= 11 is 3.58. The maximum Gasteiger partial charge on any atom is 0.327 e. The number of H-pyrrole nitrogens is 1. The monoisotopic (exact) mass is 451 g/mol. The fourth-order valence-electron chi connectivity index (χ4n) is 2.76. The quantitative estimate of drug-likeness (QED) is 0.356. The van der Waals surface area contributed by atoms with Crippen LogP contribution in [0.5, 0.6) is 23.4 Å². The number of aromatic amines is 1. The van der Waals surface area contributed by atoms with E-state index in [9.17, 15) is 5.21 Å². The molecule has 3 heterocycles. The predicted octanol–water partition coefficient (Wildman–Crippen LogP) is 4.37. The van der Waals surface area contributed by atoms with Crippen molar-refractivity contribution in [2.75, 3.05) is 0 Å². The van der Waals surface area contributed by atoms with Crippen molar-refractivity contribution in [3.63, 3.8) is 0 Å². The Labute approximate surface area is 174 Å². The van der Waals surface area contributed by atoms with E-state index >= 15 is 0 Å². The number of pyridine rings is 1. The van der Waals surface area contributed by atoms with Gasteiger partial charge in [0.15, 0.2) is 11.9 Å². The van der Waals surface area contributed by atoms with Crippen molar-refractivity contribution in [3.8, 4) is 29.5 Å². The Balaban J connectivity index is 1.81. The molecule has 1 N–H and O–H groups in total. The zero-order valence-electron chi connectivity index (χ0n) is 15.2. The minimum atomic E-state index is 0.0199. The van der Waals surface area contributed by atoms with Crippen molar-refractivity contribution < 1.29 is 14.2 Å². The molecule has 8 nitrogen and oxygen atoms in total. The highest BCUT2D eigenvalue weighted by atomic mass is 79.9. The molecule has 0 aliphatic heterocycles. The lowest BCUT2D eigenvalue weighted by Crippen LogP contribution is -2.23. The van der Waals surface area contributed by atoms with Gasteiger partial charge in [0.2, 0.25) is 12.1 Å². The van der Waals surface area contributed by atoms with Gasteiger partial charge in [0.1, 0.15) is 11.4 Å². The largest absolute Gasteiger partial charge is 0.619 e. The third-order valence-electron chi connectivity index (χ3n) is 4.10.